The number of esters is 1. The number of nitrogens with zero attached hydrogens (tertiary/aromatic N) is 2. The van der Waals surface area contributed by atoms with Gasteiger partial charge >= 0.3 is 5.97 Å². The van der Waals surface area contributed by atoms with E-state index < -0.39 is 5.60 Å². The smallest absolute Gasteiger partial charge is 0.338 e. The molecule has 0 unspecified atom stereocenters. The van der Waals surface area contributed by atoms with Gasteiger partial charge in [-0.05, 0) is 57.5 Å². The van der Waals surface area contributed by atoms with E-state index in [1.165, 1.54) is 0 Å². The molecule has 7 heteroatoms. The maximum atomic E-state index is 12.9. The SMILES string of the molecule is Cc1nn(C)c(Oc2ccccc2)c1C(=O)NCc1ccc(C(=O)OC(C)(C)C)cc1. The molecule has 3 aromatic rings. The molecule has 1 amide bonds. The third-order valence-corrected chi connectivity index (χ3v) is 4.40. The van der Waals surface area contributed by atoms with E-state index in [4.69, 9.17) is 9.47 Å². The number of carbonyl (C=O) groups is 2. The van der Waals surface area contributed by atoms with Crippen molar-refractivity contribution in [2.24, 2.45) is 7.05 Å². The molecule has 0 saturated carbocycles. The lowest BCUT2D eigenvalue weighted by Gasteiger charge is -2.19. The minimum atomic E-state index is -0.551. The number of para-hydroxylation sites is 1. The summed E-state index contributed by atoms with van der Waals surface area (Å²) in [5, 5.41) is 7.22. The first-order chi connectivity index (χ1) is 14.6. The number of hydrogen-bond acceptors (Lipinski definition) is 5. The summed E-state index contributed by atoms with van der Waals surface area (Å²) in [6, 6.07) is 16.2. The molecule has 1 heterocycles. The largest absolute Gasteiger partial charge is 0.456 e. The van der Waals surface area contributed by atoms with Gasteiger partial charge < -0.3 is 14.8 Å². The molecule has 31 heavy (non-hydrogen) atoms. The highest BCUT2D eigenvalue weighted by Gasteiger charge is 2.22. The van der Waals surface area contributed by atoms with Crippen molar-refractivity contribution in [3.63, 3.8) is 0 Å². The number of rotatable bonds is 6. The summed E-state index contributed by atoms with van der Waals surface area (Å²) in [5.74, 6) is 0.336. The van der Waals surface area contributed by atoms with Gasteiger partial charge in [0.25, 0.3) is 5.91 Å². The number of nitrogens with one attached hydrogen (secondary N) is 1. The van der Waals surface area contributed by atoms with Gasteiger partial charge in [0.1, 0.15) is 16.9 Å². The van der Waals surface area contributed by atoms with Gasteiger partial charge in [0, 0.05) is 13.6 Å². The van der Waals surface area contributed by atoms with E-state index in [0.717, 1.165) is 5.56 Å². The Balaban J connectivity index is 1.68. The second-order valence-electron chi connectivity index (χ2n) is 8.19. The molecule has 0 aliphatic rings. The first-order valence-electron chi connectivity index (χ1n) is 10.0. The standard InChI is InChI=1S/C24H27N3O4/c1-16-20(22(27(5)26-16)30-19-9-7-6-8-10-19)21(28)25-15-17-11-13-18(14-12-17)23(29)31-24(2,3)4/h6-14H,15H2,1-5H3,(H,25,28). The summed E-state index contributed by atoms with van der Waals surface area (Å²) in [6.45, 7) is 7.54. The van der Waals surface area contributed by atoms with Crippen molar-refractivity contribution in [1.82, 2.24) is 15.1 Å². The predicted molar refractivity (Wildman–Crippen MR) is 117 cm³/mol. The highest BCUT2D eigenvalue weighted by molar-refractivity contribution is 5.97. The van der Waals surface area contributed by atoms with Crippen molar-refractivity contribution in [2.75, 3.05) is 0 Å². The average Bonchev–Trinajstić information content (AvgIpc) is 2.99. The van der Waals surface area contributed by atoms with Crippen LogP contribution in [0.3, 0.4) is 0 Å². The van der Waals surface area contributed by atoms with Crippen molar-refractivity contribution in [1.29, 1.82) is 0 Å². The minimum absolute atomic E-state index is 0.284. The molecule has 0 aliphatic carbocycles. The Kier molecular flexibility index (Phi) is 6.44. The molecule has 0 fully saturated rings. The number of aryl methyl sites for hydroxylation is 2. The number of benzene rings is 2. The molecule has 0 aliphatic heterocycles. The van der Waals surface area contributed by atoms with E-state index >= 15 is 0 Å². The highest BCUT2D eigenvalue weighted by Crippen LogP contribution is 2.27. The van der Waals surface area contributed by atoms with Crippen LogP contribution in [0.1, 0.15) is 52.7 Å². The zero-order chi connectivity index (χ0) is 22.6. The Morgan fingerprint density at radius 3 is 2.29 bits per heavy atom. The zero-order valence-corrected chi connectivity index (χ0v) is 18.4. The van der Waals surface area contributed by atoms with Crippen molar-refractivity contribution in [3.05, 3.63) is 77.0 Å². The molecular formula is C24H27N3O4. The van der Waals surface area contributed by atoms with Crippen molar-refractivity contribution < 1.29 is 19.1 Å². The summed E-state index contributed by atoms with van der Waals surface area (Å²) in [5.41, 5.74) is 1.73. The summed E-state index contributed by atoms with van der Waals surface area (Å²) in [6.07, 6.45) is 0. The van der Waals surface area contributed by atoms with Crippen LogP contribution in [-0.4, -0.2) is 27.3 Å². The Morgan fingerprint density at radius 2 is 1.68 bits per heavy atom. The van der Waals surface area contributed by atoms with Gasteiger partial charge in [-0.2, -0.15) is 5.10 Å². The quantitative estimate of drug-likeness (QED) is 0.596. The highest BCUT2D eigenvalue weighted by atomic mass is 16.6. The van der Waals surface area contributed by atoms with Crippen molar-refractivity contribution >= 4 is 11.9 Å². The molecule has 3 rings (SSSR count). The molecular weight excluding hydrogens is 394 g/mol. The molecule has 7 nitrogen and oxygen atoms in total. The molecule has 162 valence electrons. The Labute approximate surface area is 182 Å². The van der Waals surface area contributed by atoms with Gasteiger partial charge in [-0.3, -0.25) is 4.79 Å². The molecule has 0 saturated heterocycles. The lowest BCUT2D eigenvalue weighted by atomic mass is 10.1. The molecule has 0 radical (unpaired) electrons. The number of ether oxygens (including phenoxy) is 2. The van der Waals surface area contributed by atoms with Crippen LogP contribution in [0, 0.1) is 6.92 Å². The van der Waals surface area contributed by atoms with Crippen LogP contribution in [0.2, 0.25) is 0 Å². The van der Waals surface area contributed by atoms with E-state index in [2.05, 4.69) is 10.4 Å². The van der Waals surface area contributed by atoms with Crippen molar-refractivity contribution in [3.8, 4) is 11.6 Å². The van der Waals surface area contributed by atoms with E-state index in [-0.39, 0.29) is 11.9 Å². The van der Waals surface area contributed by atoms with Crippen molar-refractivity contribution in [2.45, 2.75) is 39.8 Å². The zero-order valence-electron chi connectivity index (χ0n) is 18.4. The van der Waals surface area contributed by atoms with Crippen LogP contribution in [0.5, 0.6) is 11.6 Å². The fourth-order valence-electron chi connectivity index (χ4n) is 2.98. The van der Waals surface area contributed by atoms with Gasteiger partial charge in [-0.15, -0.1) is 0 Å². The molecule has 0 atom stereocenters. The van der Waals surface area contributed by atoms with Gasteiger partial charge in [-0.25, -0.2) is 9.48 Å². The number of amides is 1. The molecule has 1 aromatic heterocycles. The first kappa shape index (κ1) is 22.1. The monoisotopic (exact) mass is 421 g/mol. The van der Waals surface area contributed by atoms with Crippen LogP contribution in [0.25, 0.3) is 0 Å². The second-order valence-corrected chi connectivity index (χ2v) is 8.19. The maximum absolute atomic E-state index is 12.9. The summed E-state index contributed by atoms with van der Waals surface area (Å²) in [7, 11) is 1.73. The average molecular weight is 421 g/mol. The van der Waals surface area contributed by atoms with E-state index in [1.54, 1.807) is 42.9 Å². The topological polar surface area (TPSA) is 82.5 Å². The van der Waals surface area contributed by atoms with Crippen LogP contribution in [0.4, 0.5) is 0 Å². The minimum Gasteiger partial charge on any atom is -0.456 e. The lowest BCUT2D eigenvalue weighted by Crippen LogP contribution is -2.24. The Bertz CT molecular complexity index is 1060. The van der Waals surface area contributed by atoms with Gasteiger partial charge in [-0.1, -0.05) is 30.3 Å². The lowest BCUT2D eigenvalue weighted by molar-refractivity contribution is 0.00693. The summed E-state index contributed by atoms with van der Waals surface area (Å²) >= 11 is 0. The third-order valence-electron chi connectivity index (χ3n) is 4.40. The van der Waals surface area contributed by atoms with E-state index in [0.29, 0.717) is 35.0 Å². The molecule has 1 N–H and O–H groups in total. The Hall–Kier alpha value is -3.61. The molecule has 0 spiro atoms. The van der Waals surface area contributed by atoms with Crippen LogP contribution >= 0.6 is 0 Å². The van der Waals surface area contributed by atoms with Crippen LogP contribution in [-0.2, 0) is 18.3 Å². The molecule has 2 aromatic carbocycles. The predicted octanol–water partition coefficient (Wildman–Crippen LogP) is 4.41. The fourth-order valence-corrected chi connectivity index (χ4v) is 2.98. The summed E-state index contributed by atoms with van der Waals surface area (Å²) in [4.78, 5) is 25.0. The van der Waals surface area contributed by atoms with E-state index in [1.807, 2.05) is 51.1 Å². The first-order valence-corrected chi connectivity index (χ1v) is 10.0. The van der Waals surface area contributed by atoms with Gasteiger partial charge in [0.2, 0.25) is 5.88 Å². The second kappa shape index (κ2) is 9.04. The Morgan fingerprint density at radius 1 is 1.03 bits per heavy atom. The van der Waals surface area contributed by atoms with Gasteiger partial charge in [0.15, 0.2) is 0 Å². The van der Waals surface area contributed by atoms with Gasteiger partial charge in [0.05, 0.1) is 11.3 Å². The number of carbonyl (C=O) groups excluding carboxylic acids is 2. The van der Waals surface area contributed by atoms with E-state index in [9.17, 15) is 9.59 Å². The fraction of sp³-hybridized carbons (Fsp3) is 0.292. The van der Waals surface area contributed by atoms with Crippen LogP contribution < -0.4 is 10.1 Å². The third kappa shape index (κ3) is 5.72. The number of hydrogen-bond donors (Lipinski definition) is 1. The summed E-state index contributed by atoms with van der Waals surface area (Å²) < 4.78 is 12.8. The normalized spacial score (nSPS) is 11.1. The maximum Gasteiger partial charge on any atom is 0.338 e. The number of aromatic nitrogens is 2. The molecule has 0 bridgehead atoms. The van der Waals surface area contributed by atoms with Crippen LogP contribution in [0.15, 0.2) is 54.6 Å².